The lowest BCUT2D eigenvalue weighted by Gasteiger charge is -2.45. The summed E-state index contributed by atoms with van der Waals surface area (Å²) in [7, 11) is 3.77. The highest BCUT2D eigenvalue weighted by atomic mass is 35.5. The molecule has 3 heterocycles. The van der Waals surface area contributed by atoms with Crippen molar-refractivity contribution in [1.29, 1.82) is 5.41 Å². The van der Waals surface area contributed by atoms with Crippen LogP contribution in [0.4, 0.5) is 13.2 Å². The Balaban J connectivity index is 1.19. The van der Waals surface area contributed by atoms with Crippen molar-refractivity contribution in [3.63, 3.8) is 0 Å². The van der Waals surface area contributed by atoms with Gasteiger partial charge in [0.25, 0.3) is 0 Å². The molecule has 0 aromatic carbocycles. The summed E-state index contributed by atoms with van der Waals surface area (Å²) in [6.07, 6.45) is 2.37. The molecular weight excluding hydrogens is 514 g/mol. The summed E-state index contributed by atoms with van der Waals surface area (Å²) < 4.78 is 39.6. The van der Waals surface area contributed by atoms with Crippen LogP contribution in [0.5, 0.6) is 0 Å². The van der Waals surface area contributed by atoms with Gasteiger partial charge in [-0.3, -0.25) is 26.3 Å². The molecule has 2 aliphatic carbocycles. The molecular formula is C24H40Cl2F3N7. The first-order valence-electron chi connectivity index (χ1n) is 13.4. The van der Waals surface area contributed by atoms with Crippen molar-refractivity contribution in [2.75, 3.05) is 33.7 Å². The highest BCUT2D eigenvalue weighted by Crippen LogP contribution is 2.38. The van der Waals surface area contributed by atoms with E-state index >= 15 is 0 Å². The lowest BCUT2D eigenvalue weighted by Crippen LogP contribution is -2.68. The van der Waals surface area contributed by atoms with Crippen molar-refractivity contribution in [2.24, 2.45) is 17.8 Å². The molecule has 0 radical (unpaired) electrons. The van der Waals surface area contributed by atoms with Crippen LogP contribution in [0.15, 0.2) is 0 Å². The molecule has 0 spiro atoms. The number of hydrogen-bond donors (Lipinski definition) is 4. The minimum atomic E-state index is -4.21. The minimum Gasteiger partial charge on any atom is -0.338 e. The van der Waals surface area contributed by atoms with Gasteiger partial charge in [0, 0.05) is 43.4 Å². The number of alkyl halides is 5. The molecule has 0 aromatic rings. The van der Waals surface area contributed by atoms with Gasteiger partial charge in [-0.15, -0.1) is 23.2 Å². The first-order chi connectivity index (χ1) is 17.0. The van der Waals surface area contributed by atoms with Gasteiger partial charge in [0.05, 0.1) is 18.4 Å². The number of nitrogens with zero attached hydrogens (tertiary/aromatic N) is 3. The van der Waals surface area contributed by atoms with Gasteiger partial charge in [0.15, 0.2) is 5.96 Å². The molecule has 7 unspecified atom stereocenters. The van der Waals surface area contributed by atoms with E-state index in [2.05, 4.69) is 20.9 Å². The first kappa shape index (κ1) is 27.1. The second-order valence-corrected chi connectivity index (χ2v) is 12.7. The van der Waals surface area contributed by atoms with E-state index < -0.39 is 12.2 Å². The van der Waals surface area contributed by atoms with E-state index in [1.54, 1.807) is 7.05 Å². The zero-order valence-corrected chi connectivity index (χ0v) is 22.6. The van der Waals surface area contributed by atoms with E-state index in [1.165, 1.54) is 0 Å². The fraction of sp³-hybridized carbons (Fsp3) is 0.958. The lowest BCUT2D eigenvalue weighted by atomic mass is 9.80. The Morgan fingerprint density at radius 1 is 0.972 bits per heavy atom. The van der Waals surface area contributed by atoms with E-state index in [-0.39, 0.29) is 53.7 Å². The Kier molecular flexibility index (Phi) is 7.94. The van der Waals surface area contributed by atoms with Crippen molar-refractivity contribution < 1.29 is 13.2 Å². The maximum atomic E-state index is 13.2. The number of halogens is 5. The third-order valence-electron chi connectivity index (χ3n) is 9.39. The third kappa shape index (κ3) is 5.19. The summed E-state index contributed by atoms with van der Waals surface area (Å²) in [6, 6.07) is -1.28. The largest absolute Gasteiger partial charge is 0.405 e. The monoisotopic (exact) mass is 553 g/mol. The Morgan fingerprint density at radius 3 is 2.25 bits per heavy atom. The molecule has 0 amide bonds. The Labute approximate surface area is 222 Å². The molecule has 206 valence electrons. The van der Waals surface area contributed by atoms with Crippen molar-refractivity contribution in [2.45, 2.75) is 92.5 Å². The van der Waals surface area contributed by atoms with Gasteiger partial charge in [-0.2, -0.15) is 13.2 Å². The zero-order valence-electron chi connectivity index (χ0n) is 21.1. The normalized spacial score (nSPS) is 44.8. The summed E-state index contributed by atoms with van der Waals surface area (Å²) in [5, 5.41) is 19.1. The maximum absolute atomic E-state index is 13.2. The van der Waals surface area contributed by atoms with E-state index in [1.807, 2.05) is 16.8 Å². The number of likely N-dealkylation sites (N-methyl/N-ethyl adjacent to an activating group) is 2. The molecule has 36 heavy (non-hydrogen) atoms. The molecule has 5 aliphatic rings. The molecule has 2 saturated carbocycles. The minimum absolute atomic E-state index is 0.0136. The average Bonchev–Trinajstić information content (AvgIpc) is 3.33. The number of hydrogen-bond acceptors (Lipinski definition) is 5. The quantitative estimate of drug-likeness (QED) is 0.401. The van der Waals surface area contributed by atoms with Crippen LogP contribution in [0.25, 0.3) is 0 Å². The smallest absolute Gasteiger partial charge is 0.338 e. The SMILES string of the molecule is CN1CC(C(F)(F)F)NC1C1CCC(CN2C(=N)N(C)C3CNC(C4C(Cl)CCCC4Cl)NC32)CC1. The number of fused-ring (bicyclic) bond motifs is 1. The van der Waals surface area contributed by atoms with Gasteiger partial charge in [-0.25, -0.2) is 0 Å². The molecule has 12 heteroatoms. The predicted octanol–water partition coefficient (Wildman–Crippen LogP) is 3.00. The Hall–Kier alpha value is -0.520. The molecule has 3 saturated heterocycles. The first-order valence-corrected chi connectivity index (χ1v) is 14.3. The molecule has 5 fully saturated rings. The van der Waals surface area contributed by atoms with Gasteiger partial charge < -0.3 is 9.80 Å². The van der Waals surface area contributed by atoms with Crippen LogP contribution in [0.2, 0.25) is 0 Å². The molecule has 7 nitrogen and oxygen atoms in total. The summed E-state index contributed by atoms with van der Waals surface area (Å²) in [4.78, 5) is 6.06. The number of nitrogens with one attached hydrogen (secondary N) is 4. The van der Waals surface area contributed by atoms with Gasteiger partial charge in [-0.1, -0.05) is 6.42 Å². The fourth-order valence-electron chi connectivity index (χ4n) is 7.28. The highest BCUT2D eigenvalue weighted by molar-refractivity contribution is 6.24. The lowest BCUT2D eigenvalue weighted by molar-refractivity contribution is -0.150. The van der Waals surface area contributed by atoms with Crippen molar-refractivity contribution in [3.05, 3.63) is 0 Å². The van der Waals surface area contributed by atoms with Crippen molar-refractivity contribution >= 4 is 29.2 Å². The highest BCUT2D eigenvalue weighted by Gasteiger charge is 2.50. The van der Waals surface area contributed by atoms with E-state index in [0.717, 1.165) is 58.0 Å². The summed E-state index contributed by atoms with van der Waals surface area (Å²) in [6.45, 7) is 1.58. The second-order valence-electron chi connectivity index (χ2n) is 11.6. The molecule has 7 atom stereocenters. The Morgan fingerprint density at radius 2 is 1.64 bits per heavy atom. The maximum Gasteiger partial charge on any atom is 0.405 e. The molecule has 0 aromatic heterocycles. The summed E-state index contributed by atoms with van der Waals surface area (Å²) in [5.74, 6) is 1.31. The van der Waals surface area contributed by atoms with Gasteiger partial charge in [-0.05, 0) is 57.4 Å². The van der Waals surface area contributed by atoms with Gasteiger partial charge >= 0.3 is 6.18 Å². The van der Waals surface area contributed by atoms with Crippen LogP contribution < -0.4 is 16.0 Å². The fourth-order valence-corrected chi connectivity index (χ4v) is 8.31. The molecule has 0 bridgehead atoms. The van der Waals surface area contributed by atoms with Gasteiger partial charge in [0.1, 0.15) is 12.2 Å². The van der Waals surface area contributed by atoms with Crippen LogP contribution in [0, 0.1) is 23.2 Å². The van der Waals surface area contributed by atoms with Crippen LogP contribution in [0.1, 0.15) is 44.9 Å². The number of rotatable bonds is 4. The van der Waals surface area contributed by atoms with Crippen molar-refractivity contribution in [3.8, 4) is 0 Å². The van der Waals surface area contributed by atoms with Gasteiger partial charge in [0.2, 0.25) is 0 Å². The average molecular weight is 555 g/mol. The van der Waals surface area contributed by atoms with E-state index in [4.69, 9.17) is 28.6 Å². The summed E-state index contributed by atoms with van der Waals surface area (Å²) in [5.41, 5.74) is 0. The number of guanidine groups is 1. The van der Waals surface area contributed by atoms with Crippen LogP contribution in [-0.4, -0.2) is 102 Å². The van der Waals surface area contributed by atoms with Crippen LogP contribution in [-0.2, 0) is 0 Å². The summed E-state index contributed by atoms with van der Waals surface area (Å²) >= 11 is 13.4. The van der Waals surface area contributed by atoms with E-state index in [0.29, 0.717) is 11.9 Å². The molecule has 5 rings (SSSR count). The predicted molar refractivity (Wildman–Crippen MR) is 136 cm³/mol. The molecule has 4 N–H and O–H groups in total. The Bertz CT molecular complexity index is 786. The van der Waals surface area contributed by atoms with Crippen LogP contribution in [0.3, 0.4) is 0 Å². The standard InChI is InChI=1S/C24H40Cl2F3N7/c1-34-12-18(24(27,28)29)32-21(34)14-8-6-13(7-9-14)11-36-22-17(35(2)23(36)30)10-31-20(33-22)19-15(25)4-3-5-16(19)26/h13-22,30-33H,3-12H2,1-2H3. The zero-order chi connectivity index (χ0) is 25.8. The van der Waals surface area contributed by atoms with Crippen LogP contribution >= 0.6 is 23.2 Å². The molecule has 3 aliphatic heterocycles. The third-order valence-corrected chi connectivity index (χ3v) is 10.4. The topological polar surface area (TPSA) is 69.7 Å². The van der Waals surface area contributed by atoms with Crippen molar-refractivity contribution in [1.82, 2.24) is 30.7 Å². The van der Waals surface area contributed by atoms with E-state index in [9.17, 15) is 13.2 Å². The second kappa shape index (κ2) is 10.6.